The van der Waals surface area contributed by atoms with Gasteiger partial charge < -0.3 is 5.32 Å². The highest BCUT2D eigenvalue weighted by Crippen LogP contribution is 2.25. The van der Waals surface area contributed by atoms with Gasteiger partial charge in [-0.05, 0) is 37.6 Å². The molecule has 6 nitrogen and oxygen atoms in total. The monoisotopic (exact) mass is 407 g/mol. The number of hydrogen-bond acceptors (Lipinski definition) is 5. The van der Waals surface area contributed by atoms with Gasteiger partial charge in [0.05, 0.1) is 11.7 Å². The molecule has 1 saturated heterocycles. The van der Waals surface area contributed by atoms with Gasteiger partial charge >= 0.3 is 0 Å². The molecule has 1 unspecified atom stereocenters. The van der Waals surface area contributed by atoms with Crippen molar-refractivity contribution >= 4 is 34.8 Å². The van der Waals surface area contributed by atoms with Crippen molar-refractivity contribution in [1.82, 2.24) is 20.1 Å². The topological polar surface area (TPSA) is 71.8 Å². The Balaban J connectivity index is 0.00000210. The highest BCUT2D eigenvalue weighted by molar-refractivity contribution is 7.14. The fraction of sp³-hybridized carbons (Fsp3) is 0.278. The number of nitrogens with one attached hydrogen (secondary N) is 2. The summed E-state index contributed by atoms with van der Waals surface area (Å²) >= 11 is 1.30. The molecule has 1 fully saturated rings. The Bertz CT molecular complexity index is 922. The predicted molar refractivity (Wildman–Crippen MR) is 106 cm³/mol. The minimum atomic E-state index is -0.316. The van der Waals surface area contributed by atoms with Crippen LogP contribution in [0.5, 0.6) is 0 Å². The number of halogens is 2. The first kappa shape index (κ1) is 19.5. The summed E-state index contributed by atoms with van der Waals surface area (Å²) in [6.45, 7) is 1.90. The highest BCUT2D eigenvalue weighted by Gasteiger charge is 2.18. The van der Waals surface area contributed by atoms with Crippen molar-refractivity contribution in [3.8, 4) is 11.3 Å². The van der Waals surface area contributed by atoms with Crippen molar-refractivity contribution in [3.63, 3.8) is 0 Å². The Kier molecular flexibility index (Phi) is 6.20. The molecule has 2 N–H and O–H groups in total. The quantitative estimate of drug-likeness (QED) is 0.691. The number of benzene rings is 1. The molecule has 0 saturated carbocycles. The van der Waals surface area contributed by atoms with E-state index < -0.39 is 0 Å². The molecule has 3 heterocycles. The lowest BCUT2D eigenvalue weighted by Gasteiger charge is -2.22. The first-order valence-electron chi connectivity index (χ1n) is 8.48. The minimum absolute atomic E-state index is 0. The van der Waals surface area contributed by atoms with E-state index in [2.05, 4.69) is 20.7 Å². The van der Waals surface area contributed by atoms with E-state index >= 15 is 0 Å². The number of thiazole rings is 1. The molecule has 9 heteroatoms. The Morgan fingerprint density at radius 1 is 1.37 bits per heavy atom. The summed E-state index contributed by atoms with van der Waals surface area (Å²) in [4.78, 5) is 16.8. The maximum Gasteiger partial charge on any atom is 0.277 e. The lowest BCUT2D eigenvalue weighted by molar-refractivity contribution is 0.102. The number of rotatable bonds is 4. The van der Waals surface area contributed by atoms with Crippen LogP contribution in [0, 0.1) is 5.82 Å². The molecule has 1 amide bonds. The zero-order chi connectivity index (χ0) is 17.9. The summed E-state index contributed by atoms with van der Waals surface area (Å²) in [6, 6.07) is 8.21. The average molecular weight is 408 g/mol. The zero-order valence-corrected chi connectivity index (χ0v) is 16.0. The standard InChI is InChI=1S/C18H18FN5OS.ClH/c19-13-4-1-3-12(9-13)16-11-26-18(21-16)22-17(25)15-6-8-24(23-15)14-5-2-7-20-10-14;/h1,3-4,6,8-9,11,14,20H,2,5,7,10H2,(H,21,22,25);1H. The van der Waals surface area contributed by atoms with E-state index in [0.717, 1.165) is 25.9 Å². The van der Waals surface area contributed by atoms with Crippen LogP contribution < -0.4 is 10.6 Å². The zero-order valence-electron chi connectivity index (χ0n) is 14.4. The van der Waals surface area contributed by atoms with E-state index in [1.165, 1.54) is 23.5 Å². The maximum absolute atomic E-state index is 13.3. The number of carbonyl (C=O) groups is 1. The number of nitrogens with zero attached hydrogens (tertiary/aromatic N) is 3. The highest BCUT2D eigenvalue weighted by atomic mass is 35.5. The molecule has 4 rings (SSSR count). The first-order valence-corrected chi connectivity index (χ1v) is 9.36. The lowest BCUT2D eigenvalue weighted by atomic mass is 10.1. The normalized spacial score (nSPS) is 16.6. The van der Waals surface area contributed by atoms with Crippen LogP contribution in [0.3, 0.4) is 0 Å². The van der Waals surface area contributed by atoms with Crippen LogP contribution in [0.4, 0.5) is 9.52 Å². The van der Waals surface area contributed by atoms with E-state index in [0.29, 0.717) is 22.1 Å². The molecule has 142 valence electrons. The van der Waals surface area contributed by atoms with Crippen molar-refractivity contribution in [2.24, 2.45) is 0 Å². The van der Waals surface area contributed by atoms with Gasteiger partial charge in [-0.15, -0.1) is 23.7 Å². The molecule has 0 radical (unpaired) electrons. The Morgan fingerprint density at radius 2 is 2.26 bits per heavy atom. The summed E-state index contributed by atoms with van der Waals surface area (Å²) in [6.07, 6.45) is 4.00. The van der Waals surface area contributed by atoms with Gasteiger partial charge in [-0.2, -0.15) is 5.10 Å². The van der Waals surface area contributed by atoms with E-state index in [9.17, 15) is 9.18 Å². The second-order valence-corrected chi connectivity index (χ2v) is 7.04. The van der Waals surface area contributed by atoms with Crippen molar-refractivity contribution in [1.29, 1.82) is 0 Å². The molecular formula is C18H19ClFN5OS. The maximum atomic E-state index is 13.3. The van der Waals surface area contributed by atoms with Crippen LogP contribution in [0.15, 0.2) is 41.9 Å². The van der Waals surface area contributed by atoms with Crippen LogP contribution in [0.2, 0.25) is 0 Å². The van der Waals surface area contributed by atoms with E-state index in [1.54, 1.807) is 23.6 Å². The van der Waals surface area contributed by atoms with Crippen molar-refractivity contribution < 1.29 is 9.18 Å². The Morgan fingerprint density at radius 3 is 3.04 bits per heavy atom. The number of amides is 1. The Labute approximate surface area is 166 Å². The second-order valence-electron chi connectivity index (χ2n) is 6.18. The van der Waals surface area contributed by atoms with E-state index in [1.807, 2.05) is 10.9 Å². The average Bonchev–Trinajstić information content (AvgIpc) is 3.32. The third-order valence-electron chi connectivity index (χ3n) is 4.33. The number of carbonyl (C=O) groups excluding carboxylic acids is 1. The molecular weight excluding hydrogens is 389 g/mol. The SMILES string of the molecule is Cl.O=C(Nc1nc(-c2cccc(F)c2)cs1)c1ccn(C2CCCNC2)n1. The van der Waals surface area contributed by atoms with Crippen LogP contribution in [0.25, 0.3) is 11.3 Å². The smallest absolute Gasteiger partial charge is 0.277 e. The summed E-state index contributed by atoms with van der Waals surface area (Å²) in [5.74, 6) is -0.614. The van der Waals surface area contributed by atoms with Gasteiger partial charge in [0, 0.05) is 23.7 Å². The molecule has 1 atom stereocenters. The summed E-state index contributed by atoms with van der Waals surface area (Å²) in [5.41, 5.74) is 1.66. The van der Waals surface area contributed by atoms with E-state index in [4.69, 9.17) is 0 Å². The van der Waals surface area contributed by atoms with Crippen LogP contribution in [-0.2, 0) is 0 Å². The summed E-state index contributed by atoms with van der Waals surface area (Å²) < 4.78 is 15.2. The van der Waals surface area contributed by atoms with Gasteiger partial charge in [-0.25, -0.2) is 9.37 Å². The molecule has 2 aromatic heterocycles. The van der Waals surface area contributed by atoms with Gasteiger partial charge in [0.15, 0.2) is 10.8 Å². The molecule has 0 bridgehead atoms. The van der Waals surface area contributed by atoms with E-state index in [-0.39, 0.29) is 30.2 Å². The molecule has 1 aliphatic rings. The van der Waals surface area contributed by atoms with Crippen molar-refractivity contribution in [2.45, 2.75) is 18.9 Å². The van der Waals surface area contributed by atoms with Gasteiger partial charge in [-0.3, -0.25) is 14.8 Å². The largest absolute Gasteiger partial charge is 0.315 e. The number of hydrogen-bond donors (Lipinski definition) is 2. The number of piperidine rings is 1. The molecule has 0 spiro atoms. The first-order chi connectivity index (χ1) is 12.7. The summed E-state index contributed by atoms with van der Waals surface area (Å²) in [7, 11) is 0. The second kappa shape index (κ2) is 8.60. The molecule has 3 aromatic rings. The van der Waals surface area contributed by atoms with Gasteiger partial charge in [-0.1, -0.05) is 12.1 Å². The third-order valence-corrected chi connectivity index (χ3v) is 5.09. The van der Waals surface area contributed by atoms with Crippen LogP contribution in [-0.4, -0.2) is 33.8 Å². The molecule has 1 aliphatic heterocycles. The van der Waals surface area contributed by atoms with Gasteiger partial charge in [0.2, 0.25) is 0 Å². The van der Waals surface area contributed by atoms with Crippen LogP contribution in [0.1, 0.15) is 29.4 Å². The van der Waals surface area contributed by atoms with Crippen molar-refractivity contribution in [2.75, 3.05) is 18.4 Å². The third kappa shape index (κ3) is 4.52. The fourth-order valence-corrected chi connectivity index (χ4v) is 3.71. The van der Waals surface area contributed by atoms with Gasteiger partial charge in [0.1, 0.15) is 5.82 Å². The number of anilines is 1. The lowest BCUT2D eigenvalue weighted by Crippen LogP contribution is -2.32. The minimum Gasteiger partial charge on any atom is -0.315 e. The van der Waals surface area contributed by atoms with Crippen molar-refractivity contribution in [3.05, 3.63) is 53.4 Å². The predicted octanol–water partition coefficient (Wildman–Crippen LogP) is 3.74. The van der Waals surface area contributed by atoms with Crippen LogP contribution >= 0.6 is 23.7 Å². The number of aromatic nitrogens is 3. The fourth-order valence-electron chi connectivity index (χ4n) is 2.99. The Hall–Kier alpha value is -2.29. The molecule has 1 aromatic carbocycles. The van der Waals surface area contributed by atoms with Gasteiger partial charge in [0.25, 0.3) is 5.91 Å². The summed E-state index contributed by atoms with van der Waals surface area (Å²) in [5, 5.41) is 12.7. The molecule has 0 aliphatic carbocycles. The molecule has 27 heavy (non-hydrogen) atoms.